The molecule has 2 N–H and O–H groups in total. The molecular formula is C15H11Cl2N3O3S. The van der Waals surface area contributed by atoms with Crippen molar-refractivity contribution < 1.29 is 13.2 Å². The summed E-state index contributed by atoms with van der Waals surface area (Å²) in [5, 5.41) is 11.8. The second kappa shape index (κ2) is 7.09. The van der Waals surface area contributed by atoms with E-state index in [9.17, 15) is 13.2 Å². The first-order valence-corrected chi connectivity index (χ1v) is 8.77. The van der Waals surface area contributed by atoms with E-state index in [4.69, 9.17) is 28.5 Å². The van der Waals surface area contributed by atoms with Crippen LogP contribution in [0.1, 0.15) is 12.5 Å². The molecule has 2 aromatic rings. The van der Waals surface area contributed by atoms with Gasteiger partial charge in [-0.15, -0.1) is 0 Å². The third-order valence-corrected chi connectivity index (χ3v) is 4.92. The topological polar surface area (TPSA) is 99.1 Å². The molecule has 0 aromatic heterocycles. The Morgan fingerprint density at radius 1 is 1.12 bits per heavy atom. The number of hydrogen-bond acceptors (Lipinski definition) is 4. The van der Waals surface area contributed by atoms with Crippen molar-refractivity contribution in [2.45, 2.75) is 11.8 Å². The Morgan fingerprint density at radius 2 is 1.83 bits per heavy atom. The predicted molar refractivity (Wildman–Crippen MR) is 92.7 cm³/mol. The van der Waals surface area contributed by atoms with Gasteiger partial charge in [0, 0.05) is 6.92 Å². The molecule has 0 atom stereocenters. The molecule has 0 fully saturated rings. The number of halogens is 2. The van der Waals surface area contributed by atoms with Gasteiger partial charge in [-0.2, -0.15) is 5.26 Å². The Morgan fingerprint density at radius 3 is 2.42 bits per heavy atom. The van der Waals surface area contributed by atoms with Crippen LogP contribution in [0.25, 0.3) is 0 Å². The molecule has 1 amide bonds. The highest BCUT2D eigenvalue weighted by Gasteiger charge is 2.18. The van der Waals surface area contributed by atoms with Crippen LogP contribution in [0, 0.1) is 11.3 Å². The predicted octanol–water partition coefficient (Wildman–Crippen LogP) is 3.62. The summed E-state index contributed by atoms with van der Waals surface area (Å²) >= 11 is 11.9. The second-order valence-electron chi connectivity index (χ2n) is 4.70. The number of nitriles is 1. The van der Waals surface area contributed by atoms with Gasteiger partial charge in [0.15, 0.2) is 0 Å². The SMILES string of the molecule is CC(=O)Nc1ccc(S(=O)(=O)Nc2cccc(Cl)c2C#N)cc1Cl. The normalized spacial score (nSPS) is 10.8. The minimum atomic E-state index is -3.99. The van der Waals surface area contributed by atoms with Crippen LogP contribution < -0.4 is 10.0 Å². The molecule has 0 aliphatic heterocycles. The molecule has 6 nitrogen and oxygen atoms in total. The number of hydrogen-bond donors (Lipinski definition) is 2. The molecule has 2 rings (SSSR count). The lowest BCUT2D eigenvalue weighted by Crippen LogP contribution is -2.14. The lowest BCUT2D eigenvalue weighted by Gasteiger charge is -2.12. The fourth-order valence-electron chi connectivity index (χ4n) is 1.88. The number of nitrogens with zero attached hydrogens (tertiary/aromatic N) is 1. The minimum Gasteiger partial charge on any atom is -0.325 e. The van der Waals surface area contributed by atoms with Gasteiger partial charge in [-0.05, 0) is 30.3 Å². The molecular weight excluding hydrogens is 373 g/mol. The fraction of sp³-hybridized carbons (Fsp3) is 0.0667. The lowest BCUT2D eigenvalue weighted by atomic mass is 10.2. The lowest BCUT2D eigenvalue weighted by molar-refractivity contribution is -0.114. The molecule has 2 aromatic carbocycles. The molecule has 24 heavy (non-hydrogen) atoms. The zero-order valence-corrected chi connectivity index (χ0v) is 14.6. The molecule has 0 aliphatic rings. The Hall–Kier alpha value is -2.27. The summed E-state index contributed by atoms with van der Waals surface area (Å²) in [7, 11) is -3.99. The van der Waals surface area contributed by atoms with Crippen LogP contribution in [0.5, 0.6) is 0 Å². The van der Waals surface area contributed by atoms with E-state index in [2.05, 4.69) is 10.0 Å². The summed E-state index contributed by atoms with van der Waals surface area (Å²) in [5.41, 5.74) is 0.374. The highest BCUT2D eigenvalue weighted by molar-refractivity contribution is 7.92. The highest BCUT2D eigenvalue weighted by atomic mass is 35.5. The van der Waals surface area contributed by atoms with E-state index in [0.29, 0.717) is 5.69 Å². The van der Waals surface area contributed by atoms with Gasteiger partial charge in [0.1, 0.15) is 6.07 Å². The second-order valence-corrected chi connectivity index (χ2v) is 7.20. The van der Waals surface area contributed by atoms with Crippen LogP contribution in [0.2, 0.25) is 10.0 Å². The van der Waals surface area contributed by atoms with Crippen LogP contribution >= 0.6 is 23.2 Å². The van der Waals surface area contributed by atoms with Crippen molar-refractivity contribution in [1.29, 1.82) is 5.26 Å². The molecule has 124 valence electrons. The molecule has 9 heteroatoms. The molecule has 0 radical (unpaired) electrons. The summed E-state index contributed by atoms with van der Waals surface area (Å²) in [6.45, 7) is 1.31. The van der Waals surface area contributed by atoms with Gasteiger partial charge < -0.3 is 5.32 Å². The molecule has 0 unspecified atom stereocenters. The average Bonchev–Trinajstić information content (AvgIpc) is 2.48. The Bertz CT molecular complexity index is 953. The van der Waals surface area contributed by atoms with Crippen molar-refractivity contribution in [3.8, 4) is 6.07 Å². The number of nitrogens with one attached hydrogen (secondary N) is 2. The van der Waals surface area contributed by atoms with Crippen molar-refractivity contribution in [3.63, 3.8) is 0 Å². The quantitative estimate of drug-likeness (QED) is 0.841. The van der Waals surface area contributed by atoms with Gasteiger partial charge in [0.2, 0.25) is 5.91 Å². The van der Waals surface area contributed by atoms with Crippen LogP contribution in [0.4, 0.5) is 11.4 Å². The zero-order valence-electron chi connectivity index (χ0n) is 12.3. The standard InChI is InChI=1S/C15H11Cl2N3O3S/c1-9(21)19-15-6-5-10(7-13(15)17)24(22,23)20-14-4-2-3-12(16)11(14)8-18/h2-7,20H,1H3,(H,19,21). The van der Waals surface area contributed by atoms with Gasteiger partial charge in [-0.25, -0.2) is 8.42 Å². The summed E-state index contributed by atoms with van der Waals surface area (Å²) in [6, 6.07) is 10.1. The average molecular weight is 384 g/mol. The Labute approximate surface area is 149 Å². The maximum atomic E-state index is 12.5. The number of benzene rings is 2. The number of sulfonamides is 1. The fourth-order valence-corrected chi connectivity index (χ4v) is 3.49. The summed E-state index contributed by atoms with van der Waals surface area (Å²) in [6.07, 6.45) is 0. The van der Waals surface area contributed by atoms with Crippen molar-refractivity contribution in [3.05, 3.63) is 52.0 Å². The van der Waals surface area contributed by atoms with Crippen LogP contribution in [-0.4, -0.2) is 14.3 Å². The van der Waals surface area contributed by atoms with Gasteiger partial charge in [-0.3, -0.25) is 9.52 Å². The third kappa shape index (κ3) is 3.97. The first-order valence-electron chi connectivity index (χ1n) is 6.53. The Balaban J connectivity index is 2.39. The molecule has 0 spiro atoms. The van der Waals surface area contributed by atoms with E-state index in [1.807, 2.05) is 6.07 Å². The van der Waals surface area contributed by atoms with Crippen LogP contribution in [0.3, 0.4) is 0 Å². The van der Waals surface area contributed by atoms with E-state index < -0.39 is 10.0 Å². The Kier molecular flexibility index (Phi) is 5.34. The van der Waals surface area contributed by atoms with Crippen LogP contribution in [0.15, 0.2) is 41.3 Å². The third-order valence-electron chi connectivity index (χ3n) is 2.93. The number of rotatable bonds is 4. The molecule has 0 saturated heterocycles. The highest BCUT2D eigenvalue weighted by Crippen LogP contribution is 2.28. The van der Waals surface area contributed by atoms with E-state index in [1.54, 1.807) is 0 Å². The molecule has 0 aliphatic carbocycles. The maximum Gasteiger partial charge on any atom is 0.261 e. The largest absolute Gasteiger partial charge is 0.325 e. The van der Waals surface area contributed by atoms with Gasteiger partial charge >= 0.3 is 0 Å². The van der Waals surface area contributed by atoms with Crippen molar-refractivity contribution >= 4 is 50.5 Å². The molecule has 0 heterocycles. The van der Waals surface area contributed by atoms with Crippen molar-refractivity contribution in [2.75, 3.05) is 10.0 Å². The van der Waals surface area contributed by atoms with Crippen molar-refractivity contribution in [1.82, 2.24) is 0 Å². The first kappa shape index (κ1) is 18.1. The summed E-state index contributed by atoms with van der Waals surface area (Å²) in [5.74, 6) is -0.330. The molecule has 0 bridgehead atoms. The number of carbonyl (C=O) groups is 1. The molecule has 0 saturated carbocycles. The van der Waals surface area contributed by atoms with Gasteiger partial charge in [0.25, 0.3) is 10.0 Å². The smallest absolute Gasteiger partial charge is 0.261 e. The number of amides is 1. The van der Waals surface area contributed by atoms with Gasteiger partial charge in [0.05, 0.1) is 31.9 Å². The first-order chi connectivity index (χ1) is 11.2. The minimum absolute atomic E-state index is 0.0173. The van der Waals surface area contributed by atoms with Crippen LogP contribution in [-0.2, 0) is 14.8 Å². The van der Waals surface area contributed by atoms with Crippen molar-refractivity contribution in [2.24, 2.45) is 0 Å². The van der Waals surface area contributed by atoms with E-state index >= 15 is 0 Å². The number of carbonyl (C=O) groups excluding carboxylic acids is 1. The zero-order chi connectivity index (χ0) is 17.9. The number of anilines is 2. The monoisotopic (exact) mass is 383 g/mol. The van der Waals surface area contributed by atoms with Gasteiger partial charge in [-0.1, -0.05) is 29.3 Å². The summed E-state index contributed by atoms with van der Waals surface area (Å²) in [4.78, 5) is 10.9. The van der Waals surface area contributed by atoms with E-state index in [1.165, 1.54) is 43.3 Å². The maximum absolute atomic E-state index is 12.5. The van der Waals surface area contributed by atoms with E-state index in [0.717, 1.165) is 0 Å². The summed E-state index contributed by atoms with van der Waals surface area (Å²) < 4.78 is 27.2. The van der Waals surface area contributed by atoms with E-state index in [-0.39, 0.29) is 32.1 Å².